The number of carbonyl (C=O) groups excluding carboxylic acids is 2. The van der Waals surface area contributed by atoms with Crippen LogP contribution in [0.25, 0.3) is 0 Å². The summed E-state index contributed by atoms with van der Waals surface area (Å²) in [6.45, 7) is 9.16. The zero-order chi connectivity index (χ0) is 28.6. The van der Waals surface area contributed by atoms with Gasteiger partial charge in [-0.2, -0.15) is 0 Å². The van der Waals surface area contributed by atoms with E-state index in [0.29, 0.717) is 12.1 Å². The van der Waals surface area contributed by atoms with Crippen molar-refractivity contribution in [2.75, 3.05) is 17.4 Å². The Morgan fingerprint density at radius 1 is 0.872 bits per heavy atom. The van der Waals surface area contributed by atoms with E-state index in [0.717, 1.165) is 23.1 Å². The van der Waals surface area contributed by atoms with Gasteiger partial charge >= 0.3 is 0 Å². The van der Waals surface area contributed by atoms with Crippen molar-refractivity contribution in [1.82, 2.24) is 10.2 Å². The number of amides is 2. The van der Waals surface area contributed by atoms with Crippen LogP contribution in [0.1, 0.15) is 43.9 Å². The van der Waals surface area contributed by atoms with Crippen molar-refractivity contribution in [3.05, 3.63) is 95.6 Å². The second-order valence-corrected chi connectivity index (χ2v) is 11.7. The maximum Gasteiger partial charge on any atom is 0.264 e. The van der Waals surface area contributed by atoms with Crippen LogP contribution in [-0.4, -0.2) is 50.3 Å². The third kappa shape index (κ3) is 7.47. The molecule has 0 bridgehead atoms. The molecular formula is C31H39N3O4S. The molecular weight excluding hydrogens is 510 g/mol. The molecule has 0 fully saturated rings. The highest BCUT2D eigenvalue weighted by atomic mass is 32.2. The number of sulfonamides is 1. The van der Waals surface area contributed by atoms with E-state index in [-0.39, 0.29) is 23.4 Å². The number of aryl methyl sites for hydroxylation is 1. The van der Waals surface area contributed by atoms with Gasteiger partial charge in [0.25, 0.3) is 10.0 Å². The number of anilines is 1. The third-order valence-electron chi connectivity index (χ3n) is 7.11. The second kappa shape index (κ2) is 13.4. The lowest BCUT2D eigenvalue weighted by molar-refractivity contribution is -0.139. The van der Waals surface area contributed by atoms with Gasteiger partial charge in [-0.05, 0) is 75.4 Å². The van der Waals surface area contributed by atoms with E-state index in [1.54, 1.807) is 37.3 Å². The Labute approximate surface area is 232 Å². The van der Waals surface area contributed by atoms with Crippen molar-refractivity contribution in [2.24, 2.45) is 0 Å². The molecule has 3 aromatic carbocycles. The van der Waals surface area contributed by atoms with Crippen LogP contribution in [0.5, 0.6) is 0 Å². The summed E-state index contributed by atoms with van der Waals surface area (Å²) < 4.78 is 29.0. The number of rotatable bonds is 12. The Kier molecular flexibility index (Phi) is 10.3. The molecule has 0 heterocycles. The molecule has 3 aromatic rings. The summed E-state index contributed by atoms with van der Waals surface area (Å²) in [5.74, 6) is -0.715. The number of nitrogens with zero attached hydrogens (tertiary/aromatic N) is 2. The van der Waals surface area contributed by atoms with Gasteiger partial charge in [0.1, 0.15) is 12.6 Å². The number of carbonyl (C=O) groups is 2. The lowest BCUT2D eigenvalue weighted by Crippen LogP contribution is -2.53. The van der Waals surface area contributed by atoms with Crippen LogP contribution in [0, 0.1) is 13.8 Å². The highest BCUT2D eigenvalue weighted by Crippen LogP contribution is 2.29. The number of nitrogens with one attached hydrogen (secondary N) is 1. The van der Waals surface area contributed by atoms with Crippen LogP contribution < -0.4 is 9.62 Å². The molecule has 2 amide bonds. The van der Waals surface area contributed by atoms with E-state index in [9.17, 15) is 18.0 Å². The standard InChI is InChI=1S/C31H39N3O4S/c1-6-24(3)32-31(36)26(5)33(21-20-27-15-9-7-10-16-27)30(35)22-34(29-19-13-14-23(2)25(29)4)39(37,38)28-17-11-8-12-18-28/h7-19,24,26H,6,20-22H2,1-5H3,(H,32,36)/t24-,26-/m1/s1. The molecule has 0 aliphatic carbocycles. The van der Waals surface area contributed by atoms with Gasteiger partial charge in [-0.25, -0.2) is 8.42 Å². The van der Waals surface area contributed by atoms with E-state index in [1.165, 1.54) is 21.3 Å². The van der Waals surface area contributed by atoms with Crippen LogP contribution >= 0.6 is 0 Å². The minimum atomic E-state index is -4.07. The summed E-state index contributed by atoms with van der Waals surface area (Å²) in [6, 6.07) is 22.4. The first-order valence-electron chi connectivity index (χ1n) is 13.3. The van der Waals surface area contributed by atoms with Crippen molar-refractivity contribution in [2.45, 2.75) is 64.4 Å². The third-order valence-corrected chi connectivity index (χ3v) is 8.88. The van der Waals surface area contributed by atoms with Gasteiger partial charge in [0.2, 0.25) is 11.8 Å². The minimum absolute atomic E-state index is 0.0454. The van der Waals surface area contributed by atoms with E-state index in [4.69, 9.17) is 0 Å². The average molecular weight is 550 g/mol. The maximum absolute atomic E-state index is 14.0. The molecule has 2 atom stereocenters. The first kappa shape index (κ1) is 29.9. The summed E-state index contributed by atoms with van der Waals surface area (Å²) in [4.78, 5) is 28.7. The summed E-state index contributed by atoms with van der Waals surface area (Å²) in [6.07, 6.45) is 1.29. The lowest BCUT2D eigenvalue weighted by atomic mass is 10.1. The fourth-order valence-electron chi connectivity index (χ4n) is 4.27. The van der Waals surface area contributed by atoms with Gasteiger partial charge in [-0.3, -0.25) is 13.9 Å². The zero-order valence-electron chi connectivity index (χ0n) is 23.4. The van der Waals surface area contributed by atoms with Gasteiger partial charge in [-0.1, -0.05) is 67.6 Å². The first-order chi connectivity index (χ1) is 18.6. The van der Waals surface area contributed by atoms with Crippen molar-refractivity contribution >= 4 is 27.5 Å². The largest absolute Gasteiger partial charge is 0.352 e. The molecule has 7 nitrogen and oxygen atoms in total. The fourth-order valence-corrected chi connectivity index (χ4v) is 5.77. The zero-order valence-corrected chi connectivity index (χ0v) is 24.2. The van der Waals surface area contributed by atoms with Crippen LogP contribution in [0.15, 0.2) is 83.8 Å². The molecule has 0 aliphatic rings. The first-order valence-corrected chi connectivity index (χ1v) is 14.8. The molecule has 0 saturated carbocycles. The monoisotopic (exact) mass is 549 g/mol. The number of hydrogen-bond donors (Lipinski definition) is 1. The van der Waals surface area contributed by atoms with Crippen molar-refractivity contribution in [3.8, 4) is 0 Å². The summed E-state index contributed by atoms with van der Waals surface area (Å²) in [5, 5.41) is 2.96. The van der Waals surface area contributed by atoms with Gasteiger partial charge < -0.3 is 10.2 Å². The normalized spacial score (nSPS) is 12.8. The topological polar surface area (TPSA) is 86.8 Å². The van der Waals surface area contributed by atoms with Gasteiger partial charge in [0.15, 0.2) is 0 Å². The van der Waals surface area contributed by atoms with E-state index in [2.05, 4.69) is 5.32 Å². The Hall–Kier alpha value is -3.65. The van der Waals surface area contributed by atoms with Crippen molar-refractivity contribution in [1.29, 1.82) is 0 Å². The molecule has 0 unspecified atom stereocenters. The van der Waals surface area contributed by atoms with Crippen LogP contribution in [-0.2, 0) is 26.0 Å². The van der Waals surface area contributed by atoms with E-state index < -0.39 is 28.5 Å². The molecule has 3 rings (SSSR count). The van der Waals surface area contributed by atoms with Crippen molar-refractivity contribution in [3.63, 3.8) is 0 Å². The molecule has 0 saturated heterocycles. The number of benzene rings is 3. The molecule has 0 aliphatic heterocycles. The Balaban J connectivity index is 2.00. The number of hydrogen-bond acceptors (Lipinski definition) is 4. The van der Waals surface area contributed by atoms with E-state index in [1.807, 2.05) is 64.1 Å². The summed E-state index contributed by atoms with van der Waals surface area (Å²) >= 11 is 0. The minimum Gasteiger partial charge on any atom is -0.352 e. The Morgan fingerprint density at radius 2 is 1.49 bits per heavy atom. The quantitative estimate of drug-likeness (QED) is 0.349. The average Bonchev–Trinajstić information content (AvgIpc) is 2.94. The van der Waals surface area contributed by atoms with E-state index >= 15 is 0 Å². The van der Waals surface area contributed by atoms with Crippen LogP contribution in [0.4, 0.5) is 5.69 Å². The maximum atomic E-state index is 14.0. The molecule has 1 N–H and O–H groups in total. The van der Waals surface area contributed by atoms with Crippen molar-refractivity contribution < 1.29 is 18.0 Å². The van der Waals surface area contributed by atoms with Gasteiger partial charge in [-0.15, -0.1) is 0 Å². The summed E-state index contributed by atoms with van der Waals surface area (Å²) in [5.41, 5.74) is 3.14. The van der Waals surface area contributed by atoms with Crippen LogP contribution in [0.3, 0.4) is 0 Å². The van der Waals surface area contributed by atoms with Gasteiger partial charge in [0, 0.05) is 12.6 Å². The molecule has 0 radical (unpaired) electrons. The SMILES string of the molecule is CC[C@@H](C)NC(=O)[C@@H](C)N(CCc1ccccc1)C(=O)CN(c1cccc(C)c1C)S(=O)(=O)c1ccccc1. The summed E-state index contributed by atoms with van der Waals surface area (Å²) in [7, 11) is -4.07. The highest BCUT2D eigenvalue weighted by molar-refractivity contribution is 7.92. The molecule has 208 valence electrons. The van der Waals surface area contributed by atoms with Crippen LogP contribution in [0.2, 0.25) is 0 Å². The Bertz CT molecular complexity index is 1360. The molecule has 39 heavy (non-hydrogen) atoms. The predicted molar refractivity (Wildman–Crippen MR) is 156 cm³/mol. The van der Waals surface area contributed by atoms with Gasteiger partial charge in [0.05, 0.1) is 10.6 Å². The highest BCUT2D eigenvalue weighted by Gasteiger charge is 2.33. The smallest absolute Gasteiger partial charge is 0.264 e. The lowest BCUT2D eigenvalue weighted by Gasteiger charge is -2.33. The second-order valence-electron chi connectivity index (χ2n) is 9.86. The fraction of sp³-hybridized carbons (Fsp3) is 0.355. The predicted octanol–water partition coefficient (Wildman–Crippen LogP) is 4.87. The molecule has 8 heteroatoms. The molecule has 0 spiro atoms. The molecule has 0 aromatic heterocycles. The Morgan fingerprint density at radius 3 is 2.10 bits per heavy atom.